The molecule has 4 heteroatoms. The molecule has 2 nitrogen and oxygen atoms in total. The Morgan fingerprint density at radius 1 is 1.00 bits per heavy atom. The summed E-state index contributed by atoms with van der Waals surface area (Å²) < 4.78 is 5.72. The molecule has 2 N–H and O–H groups in total. The van der Waals surface area contributed by atoms with Gasteiger partial charge in [-0.1, -0.05) is 35.3 Å². The van der Waals surface area contributed by atoms with Crippen molar-refractivity contribution in [3.63, 3.8) is 0 Å². The van der Waals surface area contributed by atoms with Gasteiger partial charge in [-0.15, -0.1) is 0 Å². The number of hydrogen-bond donors (Lipinski definition) is 1. The number of benzene rings is 2. The first-order chi connectivity index (χ1) is 8.60. The first kappa shape index (κ1) is 13.2. The maximum absolute atomic E-state index is 6.13. The summed E-state index contributed by atoms with van der Waals surface area (Å²) in [6.07, 6.45) is 0. The minimum Gasteiger partial charge on any atom is -0.454 e. The van der Waals surface area contributed by atoms with Crippen LogP contribution in [0.2, 0.25) is 10.0 Å². The van der Waals surface area contributed by atoms with Crippen molar-refractivity contribution in [1.29, 1.82) is 0 Å². The highest BCUT2D eigenvalue weighted by atomic mass is 35.5. The molecule has 0 saturated heterocycles. The summed E-state index contributed by atoms with van der Waals surface area (Å²) in [4.78, 5) is 0. The van der Waals surface area contributed by atoms with Crippen molar-refractivity contribution in [2.24, 2.45) is 5.73 Å². The molecule has 0 unspecified atom stereocenters. The fraction of sp³-hybridized carbons (Fsp3) is 0.143. The van der Waals surface area contributed by atoms with Gasteiger partial charge in [-0.25, -0.2) is 0 Å². The molecule has 0 radical (unpaired) electrons. The fourth-order valence-corrected chi connectivity index (χ4v) is 1.96. The van der Waals surface area contributed by atoms with E-state index in [0.717, 1.165) is 11.1 Å². The van der Waals surface area contributed by atoms with E-state index in [9.17, 15) is 0 Å². The second-order valence-electron chi connectivity index (χ2n) is 4.00. The van der Waals surface area contributed by atoms with E-state index in [-0.39, 0.29) is 0 Å². The van der Waals surface area contributed by atoms with Crippen molar-refractivity contribution in [2.45, 2.75) is 13.5 Å². The molecular formula is C14H13Cl2NO. The summed E-state index contributed by atoms with van der Waals surface area (Å²) in [5, 5.41) is 1.08. The van der Waals surface area contributed by atoms with Gasteiger partial charge in [0.05, 0.1) is 10.0 Å². The maximum atomic E-state index is 6.13. The molecule has 0 saturated carbocycles. The van der Waals surface area contributed by atoms with E-state index in [1.165, 1.54) is 0 Å². The number of hydrogen-bond acceptors (Lipinski definition) is 2. The molecule has 0 amide bonds. The molecule has 2 aromatic carbocycles. The molecule has 0 bridgehead atoms. The molecule has 0 aliphatic carbocycles. The molecule has 2 rings (SSSR count). The zero-order valence-corrected chi connectivity index (χ0v) is 11.4. The van der Waals surface area contributed by atoms with Crippen LogP contribution in [0.25, 0.3) is 0 Å². The van der Waals surface area contributed by atoms with Crippen LogP contribution in [-0.2, 0) is 6.54 Å². The summed E-state index contributed by atoms with van der Waals surface area (Å²) in [5.41, 5.74) is 7.58. The van der Waals surface area contributed by atoms with Gasteiger partial charge in [0.15, 0.2) is 0 Å². The van der Waals surface area contributed by atoms with Crippen molar-refractivity contribution in [1.82, 2.24) is 0 Å². The van der Waals surface area contributed by atoms with Gasteiger partial charge in [-0.05, 0) is 42.3 Å². The lowest BCUT2D eigenvalue weighted by atomic mass is 10.2. The Balaban J connectivity index is 2.31. The minimum absolute atomic E-state index is 0.450. The van der Waals surface area contributed by atoms with E-state index >= 15 is 0 Å². The van der Waals surface area contributed by atoms with Crippen LogP contribution in [0.3, 0.4) is 0 Å². The predicted molar refractivity (Wildman–Crippen MR) is 75.6 cm³/mol. The Morgan fingerprint density at radius 3 is 2.44 bits per heavy atom. The van der Waals surface area contributed by atoms with Gasteiger partial charge >= 0.3 is 0 Å². The summed E-state index contributed by atoms with van der Waals surface area (Å²) in [6, 6.07) is 11.1. The molecule has 0 fully saturated rings. The van der Waals surface area contributed by atoms with Crippen LogP contribution < -0.4 is 10.5 Å². The molecule has 0 aliphatic heterocycles. The number of rotatable bonds is 3. The normalized spacial score (nSPS) is 10.4. The van der Waals surface area contributed by atoms with Crippen molar-refractivity contribution in [2.75, 3.05) is 0 Å². The molecule has 0 aliphatic rings. The number of halogens is 2. The SMILES string of the molecule is Cc1ccc(Cl)c(Oc2ccc(CN)cc2Cl)c1. The highest BCUT2D eigenvalue weighted by molar-refractivity contribution is 6.32. The second-order valence-corrected chi connectivity index (χ2v) is 4.82. The molecule has 18 heavy (non-hydrogen) atoms. The van der Waals surface area contributed by atoms with Gasteiger partial charge in [-0.3, -0.25) is 0 Å². The summed E-state index contributed by atoms with van der Waals surface area (Å²) in [6.45, 7) is 2.42. The molecule has 0 atom stereocenters. The van der Waals surface area contributed by atoms with Crippen LogP contribution >= 0.6 is 23.2 Å². The topological polar surface area (TPSA) is 35.2 Å². The Kier molecular flexibility index (Phi) is 4.12. The van der Waals surface area contributed by atoms with Crippen molar-refractivity contribution >= 4 is 23.2 Å². The van der Waals surface area contributed by atoms with Gasteiger partial charge in [0.25, 0.3) is 0 Å². The van der Waals surface area contributed by atoms with E-state index < -0.39 is 0 Å². The average molecular weight is 282 g/mol. The molecule has 0 aromatic heterocycles. The smallest absolute Gasteiger partial charge is 0.146 e. The zero-order valence-electron chi connectivity index (χ0n) is 9.91. The Bertz CT molecular complexity index is 570. The van der Waals surface area contributed by atoms with E-state index in [1.807, 2.05) is 25.1 Å². The lowest BCUT2D eigenvalue weighted by Crippen LogP contribution is -1.96. The number of aryl methyl sites for hydroxylation is 1. The standard InChI is InChI=1S/C14H13Cl2NO/c1-9-2-4-11(15)14(6-9)18-13-5-3-10(8-17)7-12(13)16/h2-7H,8,17H2,1H3. The zero-order chi connectivity index (χ0) is 13.1. The van der Waals surface area contributed by atoms with Crippen molar-refractivity contribution in [3.05, 3.63) is 57.6 Å². The van der Waals surface area contributed by atoms with E-state index in [1.54, 1.807) is 18.2 Å². The maximum Gasteiger partial charge on any atom is 0.146 e. The van der Waals surface area contributed by atoms with Crippen LogP contribution in [0.1, 0.15) is 11.1 Å². The molecule has 0 heterocycles. The molecule has 2 aromatic rings. The highest BCUT2D eigenvalue weighted by Gasteiger charge is 2.07. The van der Waals surface area contributed by atoms with E-state index in [2.05, 4.69) is 0 Å². The third-order valence-corrected chi connectivity index (χ3v) is 3.15. The third-order valence-electron chi connectivity index (χ3n) is 2.54. The molecule has 94 valence electrons. The summed E-state index contributed by atoms with van der Waals surface area (Å²) in [5.74, 6) is 1.17. The third kappa shape index (κ3) is 2.96. The second kappa shape index (κ2) is 5.61. The fourth-order valence-electron chi connectivity index (χ4n) is 1.56. The monoisotopic (exact) mass is 281 g/mol. The van der Waals surface area contributed by atoms with Crippen LogP contribution in [0.15, 0.2) is 36.4 Å². The Labute approximate surface area is 116 Å². The minimum atomic E-state index is 0.450. The predicted octanol–water partition coefficient (Wildman–Crippen LogP) is 4.55. The van der Waals surface area contributed by atoms with Gasteiger partial charge in [-0.2, -0.15) is 0 Å². The molecular weight excluding hydrogens is 269 g/mol. The summed E-state index contributed by atoms with van der Waals surface area (Å²) in [7, 11) is 0. The number of nitrogens with two attached hydrogens (primary N) is 1. The first-order valence-corrected chi connectivity index (χ1v) is 6.28. The number of ether oxygens (including phenoxy) is 1. The Hall–Kier alpha value is -1.22. The van der Waals surface area contributed by atoms with Crippen LogP contribution in [0, 0.1) is 6.92 Å². The summed E-state index contributed by atoms with van der Waals surface area (Å²) >= 11 is 12.2. The van der Waals surface area contributed by atoms with Crippen LogP contribution in [0.5, 0.6) is 11.5 Å². The van der Waals surface area contributed by atoms with Gasteiger partial charge in [0.2, 0.25) is 0 Å². The lowest BCUT2D eigenvalue weighted by Gasteiger charge is -2.10. The van der Waals surface area contributed by atoms with Gasteiger partial charge in [0, 0.05) is 6.54 Å². The van der Waals surface area contributed by atoms with Crippen LogP contribution in [-0.4, -0.2) is 0 Å². The van der Waals surface area contributed by atoms with Gasteiger partial charge < -0.3 is 10.5 Å². The van der Waals surface area contributed by atoms with Crippen molar-refractivity contribution < 1.29 is 4.74 Å². The van der Waals surface area contributed by atoms with Crippen LogP contribution in [0.4, 0.5) is 0 Å². The lowest BCUT2D eigenvalue weighted by molar-refractivity contribution is 0.482. The average Bonchev–Trinajstić information content (AvgIpc) is 2.36. The first-order valence-electron chi connectivity index (χ1n) is 5.52. The largest absolute Gasteiger partial charge is 0.454 e. The highest BCUT2D eigenvalue weighted by Crippen LogP contribution is 2.34. The van der Waals surface area contributed by atoms with E-state index in [4.69, 9.17) is 33.7 Å². The molecule has 0 spiro atoms. The van der Waals surface area contributed by atoms with Crippen molar-refractivity contribution in [3.8, 4) is 11.5 Å². The van der Waals surface area contributed by atoms with E-state index in [0.29, 0.717) is 28.1 Å². The Morgan fingerprint density at radius 2 is 1.78 bits per heavy atom. The quantitative estimate of drug-likeness (QED) is 0.896. The van der Waals surface area contributed by atoms with Gasteiger partial charge in [0.1, 0.15) is 11.5 Å².